The summed E-state index contributed by atoms with van der Waals surface area (Å²) in [5.74, 6) is -0.128. The number of aromatic nitrogens is 6. The monoisotopic (exact) mass is 347 g/mol. The third kappa shape index (κ3) is 3.30. The summed E-state index contributed by atoms with van der Waals surface area (Å²) in [6.45, 7) is 0.535. The van der Waals surface area contributed by atoms with Crippen LogP contribution in [-0.4, -0.2) is 35.7 Å². The average molecular weight is 347 g/mol. The summed E-state index contributed by atoms with van der Waals surface area (Å²) in [6.07, 6.45) is 5.44. The molecule has 1 amide bonds. The van der Waals surface area contributed by atoms with Gasteiger partial charge in [0, 0.05) is 31.5 Å². The van der Waals surface area contributed by atoms with Crippen LogP contribution in [0.3, 0.4) is 0 Å². The van der Waals surface area contributed by atoms with Crippen molar-refractivity contribution in [2.75, 3.05) is 0 Å². The van der Waals surface area contributed by atoms with Crippen LogP contribution in [0, 0.1) is 0 Å². The molecule has 8 heteroatoms. The Morgan fingerprint density at radius 3 is 2.81 bits per heavy atom. The molecule has 0 atom stereocenters. The maximum Gasteiger partial charge on any atom is 0.242 e. The van der Waals surface area contributed by atoms with Gasteiger partial charge in [-0.2, -0.15) is 5.10 Å². The molecule has 0 aliphatic heterocycles. The summed E-state index contributed by atoms with van der Waals surface area (Å²) in [6, 6.07) is 11.4. The number of aryl methyl sites for hydroxylation is 1. The van der Waals surface area contributed by atoms with Crippen molar-refractivity contribution in [3.63, 3.8) is 0 Å². The van der Waals surface area contributed by atoms with Gasteiger partial charge in [-0.25, -0.2) is 4.68 Å². The number of nitrogens with zero attached hydrogens (tertiary/aromatic N) is 6. The highest BCUT2D eigenvalue weighted by molar-refractivity contribution is 5.79. The first-order chi connectivity index (χ1) is 12.7. The molecular weight excluding hydrogens is 330 g/mol. The molecule has 0 saturated carbocycles. The number of amides is 1. The van der Waals surface area contributed by atoms with Gasteiger partial charge in [-0.1, -0.05) is 23.4 Å². The Kier molecular flexibility index (Phi) is 4.14. The smallest absolute Gasteiger partial charge is 0.242 e. The van der Waals surface area contributed by atoms with E-state index in [1.807, 2.05) is 49.6 Å². The van der Waals surface area contributed by atoms with Gasteiger partial charge in [-0.05, 0) is 23.8 Å². The summed E-state index contributed by atoms with van der Waals surface area (Å²) in [7, 11) is 1.87. The lowest BCUT2D eigenvalue weighted by atomic mass is 10.2. The van der Waals surface area contributed by atoms with E-state index in [4.69, 9.17) is 0 Å². The lowest BCUT2D eigenvalue weighted by Gasteiger charge is -2.06. The number of carbonyl (C=O) groups is 1. The van der Waals surface area contributed by atoms with Crippen LogP contribution >= 0.6 is 0 Å². The fourth-order valence-electron chi connectivity index (χ4n) is 2.68. The van der Waals surface area contributed by atoms with Crippen molar-refractivity contribution in [3.05, 3.63) is 60.6 Å². The van der Waals surface area contributed by atoms with Crippen molar-refractivity contribution in [1.82, 2.24) is 35.1 Å². The molecule has 1 N–H and O–H groups in total. The molecule has 0 aliphatic rings. The van der Waals surface area contributed by atoms with Crippen LogP contribution in [-0.2, 0) is 24.9 Å². The topological polar surface area (TPSA) is 90.5 Å². The van der Waals surface area contributed by atoms with Crippen molar-refractivity contribution in [1.29, 1.82) is 0 Å². The normalized spacial score (nSPS) is 11.0. The van der Waals surface area contributed by atoms with Gasteiger partial charge < -0.3 is 5.32 Å². The van der Waals surface area contributed by atoms with Gasteiger partial charge in [0.2, 0.25) is 5.91 Å². The van der Waals surface area contributed by atoms with E-state index in [9.17, 15) is 4.79 Å². The Labute approximate surface area is 149 Å². The average Bonchev–Trinajstić information content (AvgIpc) is 3.27. The maximum atomic E-state index is 12.2. The number of nitrogens with one attached hydrogen (secondary N) is 1. The third-order valence-electron chi connectivity index (χ3n) is 4.03. The van der Waals surface area contributed by atoms with E-state index in [2.05, 4.69) is 25.7 Å². The van der Waals surface area contributed by atoms with Crippen molar-refractivity contribution < 1.29 is 4.79 Å². The molecule has 0 aliphatic carbocycles. The molecular formula is C18H17N7O. The number of rotatable bonds is 5. The van der Waals surface area contributed by atoms with Gasteiger partial charge >= 0.3 is 0 Å². The van der Waals surface area contributed by atoms with Crippen LogP contribution in [0.25, 0.3) is 22.3 Å². The largest absolute Gasteiger partial charge is 0.350 e. The van der Waals surface area contributed by atoms with E-state index in [0.29, 0.717) is 6.54 Å². The van der Waals surface area contributed by atoms with E-state index >= 15 is 0 Å². The molecule has 0 unspecified atom stereocenters. The predicted octanol–water partition coefficient (Wildman–Crippen LogP) is 1.54. The van der Waals surface area contributed by atoms with Gasteiger partial charge in [0.25, 0.3) is 0 Å². The minimum atomic E-state index is -0.128. The van der Waals surface area contributed by atoms with Crippen LogP contribution in [0.2, 0.25) is 0 Å². The van der Waals surface area contributed by atoms with Crippen LogP contribution < -0.4 is 5.32 Å². The summed E-state index contributed by atoms with van der Waals surface area (Å²) >= 11 is 0. The zero-order valence-electron chi connectivity index (χ0n) is 14.2. The Balaban J connectivity index is 1.37. The molecule has 3 aromatic heterocycles. The molecule has 1 aromatic carbocycles. The third-order valence-corrected chi connectivity index (χ3v) is 4.03. The first-order valence-electron chi connectivity index (χ1n) is 8.18. The number of benzene rings is 1. The van der Waals surface area contributed by atoms with E-state index in [1.165, 1.54) is 0 Å². The quantitative estimate of drug-likeness (QED) is 0.591. The molecule has 4 aromatic rings. The number of pyridine rings is 1. The second-order valence-corrected chi connectivity index (χ2v) is 5.97. The second kappa shape index (κ2) is 6.75. The molecule has 26 heavy (non-hydrogen) atoms. The molecule has 0 radical (unpaired) electrons. The van der Waals surface area contributed by atoms with Gasteiger partial charge in [0.1, 0.15) is 12.1 Å². The fourth-order valence-corrected chi connectivity index (χ4v) is 2.68. The molecule has 0 fully saturated rings. The fraction of sp³-hybridized carbons (Fsp3) is 0.167. The van der Waals surface area contributed by atoms with Crippen molar-refractivity contribution in [2.45, 2.75) is 13.1 Å². The Morgan fingerprint density at radius 1 is 1.15 bits per heavy atom. The lowest BCUT2D eigenvalue weighted by Crippen LogP contribution is -2.27. The number of fused-ring (bicyclic) bond motifs is 1. The number of para-hydroxylation sites is 1. The van der Waals surface area contributed by atoms with Gasteiger partial charge in [0.05, 0.1) is 17.4 Å². The van der Waals surface area contributed by atoms with Crippen LogP contribution in [0.15, 0.2) is 55.0 Å². The van der Waals surface area contributed by atoms with E-state index in [0.717, 1.165) is 27.9 Å². The molecule has 0 saturated heterocycles. The Morgan fingerprint density at radius 2 is 2.04 bits per heavy atom. The SMILES string of the molecule is Cn1cc(-c2ccc(CNC(=O)Cn3nnc4ccccc43)cn2)cn1. The minimum Gasteiger partial charge on any atom is -0.350 e. The number of carbonyl (C=O) groups excluding carboxylic acids is 1. The van der Waals surface area contributed by atoms with Crippen LogP contribution in [0.1, 0.15) is 5.56 Å². The van der Waals surface area contributed by atoms with Crippen molar-refractivity contribution in [3.8, 4) is 11.3 Å². The predicted molar refractivity (Wildman–Crippen MR) is 95.8 cm³/mol. The number of hydrogen-bond donors (Lipinski definition) is 1. The first-order valence-corrected chi connectivity index (χ1v) is 8.18. The molecule has 8 nitrogen and oxygen atoms in total. The van der Waals surface area contributed by atoms with Gasteiger partial charge in [-0.15, -0.1) is 5.10 Å². The Hall–Kier alpha value is -3.55. The van der Waals surface area contributed by atoms with Gasteiger partial charge in [-0.3, -0.25) is 14.5 Å². The Bertz CT molecular complexity index is 1050. The molecule has 4 rings (SSSR count). The highest BCUT2D eigenvalue weighted by Gasteiger charge is 2.08. The van der Waals surface area contributed by atoms with E-state index < -0.39 is 0 Å². The van der Waals surface area contributed by atoms with Crippen molar-refractivity contribution in [2.24, 2.45) is 7.05 Å². The summed E-state index contributed by atoms with van der Waals surface area (Å²) < 4.78 is 3.33. The van der Waals surface area contributed by atoms with Crippen molar-refractivity contribution >= 4 is 16.9 Å². The van der Waals surface area contributed by atoms with E-state index in [-0.39, 0.29) is 12.5 Å². The zero-order chi connectivity index (χ0) is 17.9. The highest BCUT2D eigenvalue weighted by Crippen LogP contribution is 2.15. The lowest BCUT2D eigenvalue weighted by molar-refractivity contribution is -0.121. The first kappa shape index (κ1) is 15.9. The molecule has 0 bridgehead atoms. The minimum absolute atomic E-state index is 0.127. The van der Waals surface area contributed by atoms with Crippen LogP contribution in [0.4, 0.5) is 0 Å². The molecule has 0 spiro atoms. The summed E-state index contributed by atoms with van der Waals surface area (Å²) in [4.78, 5) is 16.6. The maximum absolute atomic E-state index is 12.2. The number of hydrogen-bond acceptors (Lipinski definition) is 5. The highest BCUT2D eigenvalue weighted by atomic mass is 16.2. The van der Waals surface area contributed by atoms with Crippen LogP contribution in [0.5, 0.6) is 0 Å². The standard InChI is InChI=1S/C18H17N7O/c1-24-11-14(10-21-24)15-7-6-13(8-19-15)9-20-18(26)12-25-17-5-3-2-4-16(17)22-23-25/h2-8,10-11H,9,12H2,1H3,(H,20,26). The molecule has 130 valence electrons. The summed E-state index contributed by atoms with van der Waals surface area (Å²) in [5, 5.41) is 15.1. The molecule has 3 heterocycles. The second-order valence-electron chi connectivity index (χ2n) is 5.97. The zero-order valence-corrected chi connectivity index (χ0v) is 14.2. The van der Waals surface area contributed by atoms with Gasteiger partial charge in [0.15, 0.2) is 0 Å². The van der Waals surface area contributed by atoms with E-state index in [1.54, 1.807) is 21.8 Å². The summed E-state index contributed by atoms with van der Waals surface area (Å²) in [5.41, 5.74) is 4.35.